The van der Waals surface area contributed by atoms with Crippen LogP contribution >= 0.6 is 23.1 Å². The van der Waals surface area contributed by atoms with Gasteiger partial charge in [0.15, 0.2) is 0 Å². The van der Waals surface area contributed by atoms with Crippen LogP contribution in [0.3, 0.4) is 0 Å². The first-order valence-corrected chi connectivity index (χ1v) is 10.7. The Labute approximate surface area is 160 Å². The molecular formula is C20H18N4S2. The molecule has 0 radical (unpaired) electrons. The van der Waals surface area contributed by atoms with Gasteiger partial charge >= 0.3 is 0 Å². The Hall–Kier alpha value is -2.31. The van der Waals surface area contributed by atoms with Crippen LogP contribution in [-0.4, -0.2) is 39.2 Å². The molecule has 0 atom stereocenters. The van der Waals surface area contributed by atoms with Crippen molar-refractivity contribution in [2.75, 3.05) is 29.5 Å². The van der Waals surface area contributed by atoms with Crippen LogP contribution in [0.15, 0.2) is 60.8 Å². The number of aromatic nitrogens is 3. The highest BCUT2D eigenvalue weighted by Gasteiger charge is 2.13. The molecule has 1 aliphatic rings. The molecule has 4 nitrogen and oxygen atoms in total. The molecule has 0 bridgehead atoms. The van der Waals surface area contributed by atoms with E-state index in [9.17, 15) is 0 Å². The van der Waals surface area contributed by atoms with Crippen LogP contribution in [-0.2, 0) is 0 Å². The van der Waals surface area contributed by atoms with E-state index in [1.807, 2.05) is 40.7 Å². The summed E-state index contributed by atoms with van der Waals surface area (Å²) in [5.74, 6) is 2.43. The highest BCUT2D eigenvalue weighted by molar-refractivity contribution is 7.99. The van der Waals surface area contributed by atoms with Gasteiger partial charge in [-0.25, -0.2) is 9.50 Å². The summed E-state index contributed by atoms with van der Waals surface area (Å²) in [5.41, 5.74) is 4.55. The first kappa shape index (κ1) is 15.9. The highest BCUT2D eigenvalue weighted by atomic mass is 32.2. The molecule has 0 unspecified atom stereocenters. The second kappa shape index (κ2) is 6.78. The number of hydrogen-bond acceptors (Lipinski definition) is 5. The molecular weight excluding hydrogens is 360 g/mol. The minimum absolute atomic E-state index is 0.927. The van der Waals surface area contributed by atoms with Gasteiger partial charge < -0.3 is 4.90 Å². The molecule has 0 N–H and O–H groups in total. The molecule has 3 heterocycles. The zero-order chi connectivity index (χ0) is 17.3. The Bertz CT molecular complexity index is 984. The van der Waals surface area contributed by atoms with E-state index in [2.05, 4.69) is 41.3 Å². The van der Waals surface area contributed by atoms with Gasteiger partial charge in [0.1, 0.15) is 5.01 Å². The third-order valence-corrected chi connectivity index (χ3v) is 6.52. The van der Waals surface area contributed by atoms with E-state index in [1.54, 1.807) is 11.3 Å². The van der Waals surface area contributed by atoms with Crippen LogP contribution in [0.4, 0.5) is 5.69 Å². The maximum Gasteiger partial charge on any atom is 0.213 e. The molecule has 0 aliphatic carbocycles. The maximum absolute atomic E-state index is 4.73. The van der Waals surface area contributed by atoms with Crippen molar-refractivity contribution in [1.82, 2.24) is 14.6 Å². The topological polar surface area (TPSA) is 33.4 Å². The van der Waals surface area contributed by atoms with E-state index in [-0.39, 0.29) is 0 Å². The summed E-state index contributed by atoms with van der Waals surface area (Å²) in [4.78, 5) is 8.11. The van der Waals surface area contributed by atoms with Gasteiger partial charge in [-0.1, -0.05) is 41.7 Å². The number of rotatable bonds is 3. The van der Waals surface area contributed by atoms with Gasteiger partial charge in [0, 0.05) is 41.4 Å². The second-order valence-electron chi connectivity index (χ2n) is 6.27. The Morgan fingerprint density at radius 3 is 2.35 bits per heavy atom. The van der Waals surface area contributed by atoms with Crippen LogP contribution in [0.2, 0.25) is 0 Å². The minimum Gasteiger partial charge on any atom is -0.370 e. The number of fused-ring (bicyclic) bond motifs is 1. The molecule has 5 rings (SSSR count). The predicted molar refractivity (Wildman–Crippen MR) is 111 cm³/mol. The number of benzene rings is 2. The van der Waals surface area contributed by atoms with Crippen LogP contribution in [0.25, 0.3) is 26.8 Å². The number of thioether (sulfide) groups is 1. The van der Waals surface area contributed by atoms with Crippen molar-refractivity contribution in [2.24, 2.45) is 0 Å². The predicted octanol–water partition coefficient (Wildman–Crippen LogP) is 4.68. The second-order valence-corrected chi connectivity index (χ2v) is 8.45. The molecule has 2 aromatic carbocycles. The van der Waals surface area contributed by atoms with E-state index in [1.165, 1.54) is 17.2 Å². The van der Waals surface area contributed by atoms with Crippen LogP contribution in [0.1, 0.15) is 0 Å². The van der Waals surface area contributed by atoms with Crippen molar-refractivity contribution in [3.63, 3.8) is 0 Å². The fraction of sp³-hybridized carbons (Fsp3) is 0.200. The summed E-state index contributed by atoms with van der Waals surface area (Å²) in [5, 5.41) is 5.73. The molecule has 0 amide bonds. The third-order valence-electron chi connectivity index (χ3n) is 4.60. The minimum atomic E-state index is 0.927. The number of nitrogens with zero attached hydrogens (tertiary/aromatic N) is 4. The number of hydrogen-bond donors (Lipinski definition) is 0. The van der Waals surface area contributed by atoms with Crippen molar-refractivity contribution in [1.29, 1.82) is 0 Å². The maximum atomic E-state index is 4.73. The average Bonchev–Trinajstić information content (AvgIpc) is 3.29. The lowest BCUT2D eigenvalue weighted by atomic mass is 10.2. The van der Waals surface area contributed by atoms with Gasteiger partial charge in [0.2, 0.25) is 4.96 Å². The molecule has 1 fully saturated rings. The van der Waals surface area contributed by atoms with Crippen molar-refractivity contribution in [3.05, 3.63) is 60.8 Å². The SMILES string of the molecule is c1ccc(-c2cn3nc(-c4ccc(N5CCSCC5)cc4)sc3n2)cc1. The van der Waals surface area contributed by atoms with E-state index in [0.29, 0.717) is 0 Å². The molecule has 1 aliphatic heterocycles. The molecule has 4 aromatic rings. The van der Waals surface area contributed by atoms with Crippen LogP contribution in [0, 0.1) is 0 Å². The first-order chi connectivity index (χ1) is 12.9. The Kier molecular flexibility index (Phi) is 4.15. The largest absolute Gasteiger partial charge is 0.370 e. The van der Waals surface area contributed by atoms with Crippen molar-refractivity contribution in [2.45, 2.75) is 0 Å². The normalized spacial score (nSPS) is 14.8. The van der Waals surface area contributed by atoms with Crippen molar-refractivity contribution >= 4 is 33.7 Å². The molecule has 26 heavy (non-hydrogen) atoms. The van der Waals surface area contributed by atoms with E-state index in [4.69, 9.17) is 10.1 Å². The van der Waals surface area contributed by atoms with Crippen LogP contribution < -0.4 is 4.90 Å². The molecule has 0 saturated carbocycles. The molecule has 0 spiro atoms. The average molecular weight is 379 g/mol. The lowest BCUT2D eigenvalue weighted by molar-refractivity contribution is 0.859. The molecule has 1 saturated heterocycles. The first-order valence-electron chi connectivity index (χ1n) is 8.72. The summed E-state index contributed by atoms with van der Waals surface area (Å²) >= 11 is 3.67. The number of imidazole rings is 1. The van der Waals surface area contributed by atoms with E-state index in [0.717, 1.165) is 39.9 Å². The quantitative estimate of drug-likeness (QED) is 0.518. The number of anilines is 1. The van der Waals surface area contributed by atoms with Gasteiger partial charge in [0.05, 0.1) is 11.9 Å². The molecule has 130 valence electrons. The van der Waals surface area contributed by atoms with Crippen molar-refractivity contribution in [3.8, 4) is 21.8 Å². The lowest BCUT2D eigenvalue weighted by Crippen LogP contribution is -2.32. The molecule has 6 heteroatoms. The summed E-state index contributed by atoms with van der Waals surface area (Å²) in [6.07, 6.45) is 2.00. The zero-order valence-corrected chi connectivity index (χ0v) is 15.8. The summed E-state index contributed by atoms with van der Waals surface area (Å²) < 4.78 is 1.89. The van der Waals surface area contributed by atoms with Crippen molar-refractivity contribution < 1.29 is 0 Å². The van der Waals surface area contributed by atoms with Gasteiger partial charge in [-0.05, 0) is 24.3 Å². The Balaban J connectivity index is 1.41. The highest BCUT2D eigenvalue weighted by Crippen LogP contribution is 2.30. The summed E-state index contributed by atoms with van der Waals surface area (Å²) in [7, 11) is 0. The van der Waals surface area contributed by atoms with Crippen LogP contribution in [0.5, 0.6) is 0 Å². The Morgan fingerprint density at radius 1 is 0.846 bits per heavy atom. The third kappa shape index (κ3) is 2.99. The van der Waals surface area contributed by atoms with Gasteiger partial charge in [-0.3, -0.25) is 0 Å². The monoisotopic (exact) mass is 378 g/mol. The van der Waals surface area contributed by atoms with Gasteiger partial charge in [0.25, 0.3) is 0 Å². The Morgan fingerprint density at radius 2 is 1.62 bits per heavy atom. The lowest BCUT2D eigenvalue weighted by Gasteiger charge is -2.28. The molecule has 2 aromatic heterocycles. The zero-order valence-electron chi connectivity index (χ0n) is 14.2. The van der Waals surface area contributed by atoms with E-state index < -0.39 is 0 Å². The fourth-order valence-corrected chi connectivity index (χ4v) is 4.99. The standard InChI is InChI=1S/C20H18N4S2/c1-2-4-15(5-3-1)18-14-24-20(21-18)26-19(22-24)16-6-8-17(9-7-16)23-10-12-25-13-11-23/h1-9,14H,10-13H2. The van der Waals surface area contributed by atoms with E-state index >= 15 is 0 Å². The summed E-state index contributed by atoms with van der Waals surface area (Å²) in [6, 6.07) is 19.0. The smallest absolute Gasteiger partial charge is 0.213 e. The fourth-order valence-electron chi connectivity index (χ4n) is 3.20. The van der Waals surface area contributed by atoms with Gasteiger partial charge in [-0.2, -0.15) is 16.9 Å². The van der Waals surface area contributed by atoms with Gasteiger partial charge in [-0.15, -0.1) is 0 Å². The summed E-state index contributed by atoms with van der Waals surface area (Å²) in [6.45, 7) is 2.27.